The van der Waals surface area contributed by atoms with Crippen molar-refractivity contribution in [2.75, 3.05) is 5.75 Å². The average Bonchev–Trinajstić information content (AvgIpc) is 3.71. The third-order valence-corrected chi connectivity index (χ3v) is 11.0. The summed E-state index contributed by atoms with van der Waals surface area (Å²) in [4.78, 5) is 17.6. The predicted octanol–water partition coefficient (Wildman–Crippen LogP) is 10.7. The van der Waals surface area contributed by atoms with Gasteiger partial charge in [-0.1, -0.05) is 164 Å². The van der Waals surface area contributed by atoms with Crippen LogP contribution in [0.4, 0.5) is 0 Å². The van der Waals surface area contributed by atoms with E-state index in [0.717, 1.165) is 56.0 Å². The molecule has 0 spiro atoms. The molecule has 8 rings (SSSR count). The molecule has 0 radical (unpaired) electrons. The molecule has 280 valence electrons. The van der Waals surface area contributed by atoms with Crippen molar-refractivity contribution in [3.63, 3.8) is 0 Å². The Hall–Kier alpha value is -5.77. The van der Waals surface area contributed by atoms with Gasteiger partial charge in [-0.05, 0) is 46.0 Å². The number of carbonyl (C=O) groups excluding carboxylic acids is 1. The summed E-state index contributed by atoms with van der Waals surface area (Å²) >= 11 is 1.54. The Morgan fingerprint density at radius 3 is 2.02 bits per heavy atom. The van der Waals surface area contributed by atoms with Crippen LogP contribution in [0.15, 0.2) is 173 Å². The molecule has 1 fully saturated rings. The van der Waals surface area contributed by atoms with Crippen molar-refractivity contribution in [2.24, 2.45) is 5.92 Å². The molecule has 4 unspecified atom stereocenters. The van der Waals surface area contributed by atoms with E-state index in [9.17, 15) is 9.90 Å². The third kappa shape index (κ3) is 8.54. The second-order valence-corrected chi connectivity index (χ2v) is 14.9. The molecule has 8 heteroatoms. The normalized spacial score (nSPS) is 18.0. The maximum atomic E-state index is 12.6. The molecule has 0 saturated carbocycles. The number of carbonyl (C=O) groups is 1. The van der Waals surface area contributed by atoms with Gasteiger partial charge in [-0.25, -0.2) is 4.98 Å². The minimum absolute atomic E-state index is 0.000251. The lowest BCUT2D eigenvalue weighted by Gasteiger charge is -2.41. The minimum Gasteiger partial charge on any atom is -0.431 e. The number of benzene rings is 6. The lowest BCUT2D eigenvalue weighted by atomic mass is 9.91. The Morgan fingerprint density at radius 1 is 0.679 bits per heavy atom. The number of hydrogen-bond donors (Lipinski definition) is 2. The number of amides is 1. The highest BCUT2D eigenvalue weighted by atomic mass is 32.2. The molecule has 2 heterocycles. The number of rotatable bonds is 12. The maximum Gasteiger partial charge on any atom is 0.256 e. The third-order valence-electron chi connectivity index (χ3n) is 10.1. The van der Waals surface area contributed by atoms with Crippen molar-refractivity contribution in [2.45, 2.75) is 43.8 Å². The van der Waals surface area contributed by atoms with Gasteiger partial charge in [0.25, 0.3) is 11.1 Å². The van der Waals surface area contributed by atoms with Gasteiger partial charge in [0.15, 0.2) is 12.1 Å². The van der Waals surface area contributed by atoms with Crippen LogP contribution in [0.3, 0.4) is 0 Å². The lowest BCUT2D eigenvalue weighted by Crippen LogP contribution is -2.38. The maximum absolute atomic E-state index is 12.6. The Kier molecular flexibility index (Phi) is 11.5. The number of oxazole rings is 1. The van der Waals surface area contributed by atoms with Crippen LogP contribution in [0.1, 0.15) is 51.9 Å². The van der Waals surface area contributed by atoms with Gasteiger partial charge in [0.1, 0.15) is 5.69 Å². The Morgan fingerprint density at radius 2 is 1.32 bits per heavy atom. The molecule has 0 bridgehead atoms. The number of aliphatic hydroxyl groups excluding tert-OH is 1. The summed E-state index contributed by atoms with van der Waals surface area (Å²) in [6, 6.07) is 53.9. The Bertz CT molecular complexity index is 2290. The smallest absolute Gasteiger partial charge is 0.256 e. The summed E-state index contributed by atoms with van der Waals surface area (Å²) in [7, 11) is 0. The van der Waals surface area contributed by atoms with Crippen molar-refractivity contribution in [1.29, 1.82) is 0 Å². The van der Waals surface area contributed by atoms with E-state index in [1.165, 1.54) is 0 Å². The van der Waals surface area contributed by atoms with E-state index < -0.39 is 6.29 Å². The lowest BCUT2D eigenvalue weighted by molar-refractivity contribution is -0.268. The number of hydrogen-bond acceptors (Lipinski definition) is 7. The SMILES string of the molecule is CC1C(CSc2nc(-c3ccccc3)c(-c3ccccc3)o2)OC(c2ccc(-c3cccc(CNC(=O)c4ccccc4)c3)cc2)OC1c1ccc(CO)cc1. The van der Waals surface area contributed by atoms with Crippen LogP contribution < -0.4 is 5.32 Å². The first-order valence-corrected chi connectivity index (χ1v) is 19.8. The molecule has 6 aromatic carbocycles. The van der Waals surface area contributed by atoms with E-state index in [4.69, 9.17) is 18.9 Å². The van der Waals surface area contributed by atoms with Gasteiger partial charge in [0, 0.05) is 40.5 Å². The molecular weight excluding hydrogens is 717 g/mol. The fraction of sp³-hybridized carbons (Fsp3) is 0.167. The number of nitrogens with one attached hydrogen (secondary N) is 1. The highest BCUT2D eigenvalue weighted by molar-refractivity contribution is 7.99. The van der Waals surface area contributed by atoms with Crippen molar-refractivity contribution in [1.82, 2.24) is 10.3 Å². The molecule has 0 aliphatic carbocycles. The molecule has 1 aliphatic heterocycles. The summed E-state index contributed by atoms with van der Waals surface area (Å²) in [5, 5.41) is 13.3. The monoisotopic (exact) mass is 758 g/mol. The van der Waals surface area contributed by atoms with Crippen LogP contribution in [-0.4, -0.2) is 27.9 Å². The average molecular weight is 759 g/mol. The van der Waals surface area contributed by atoms with Crippen molar-refractivity contribution in [3.05, 3.63) is 192 Å². The van der Waals surface area contributed by atoms with Crippen molar-refractivity contribution < 1.29 is 23.8 Å². The zero-order valence-corrected chi connectivity index (χ0v) is 31.8. The first-order chi connectivity index (χ1) is 27.5. The molecule has 7 nitrogen and oxygen atoms in total. The van der Waals surface area contributed by atoms with Crippen molar-refractivity contribution >= 4 is 17.7 Å². The summed E-state index contributed by atoms with van der Waals surface area (Å²) in [6.45, 7) is 2.57. The number of nitrogens with zero attached hydrogens (tertiary/aromatic N) is 1. The fourth-order valence-corrected chi connectivity index (χ4v) is 7.96. The Labute approximate surface area is 331 Å². The van der Waals surface area contributed by atoms with Gasteiger partial charge in [-0.3, -0.25) is 4.79 Å². The molecular formula is C48H42N2O5S. The summed E-state index contributed by atoms with van der Waals surface area (Å²) in [6.07, 6.45) is -1.06. The van der Waals surface area contributed by atoms with Crippen LogP contribution in [-0.2, 0) is 22.6 Å². The summed E-state index contributed by atoms with van der Waals surface area (Å²) in [5.74, 6) is 1.24. The van der Waals surface area contributed by atoms with E-state index in [0.29, 0.717) is 23.1 Å². The molecule has 7 aromatic rings. The van der Waals surface area contributed by atoms with Crippen LogP contribution >= 0.6 is 11.8 Å². The van der Waals surface area contributed by atoms with Crippen LogP contribution in [0.5, 0.6) is 0 Å². The second-order valence-electron chi connectivity index (χ2n) is 13.9. The highest BCUT2D eigenvalue weighted by Gasteiger charge is 2.38. The van der Waals surface area contributed by atoms with Gasteiger partial charge < -0.3 is 24.3 Å². The van der Waals surface area contributed by atoms with Crippen LogP contribution in [0.25, 0.3) is 33.7 Å². The zero-order valence-electron chi connectivity index (χ0n) is 31.0. The fourth-order valence-electron chi connectivity index (χ4n) is 6.97. The van der Waals surface area contributed by atoms with Gasteiger partial charge in [0.2, 0.25) is 0 Å². The number of ether oxygens (including phenoxy) is 2. The first-order valence-electron chi connectivity index (χ1n) is 18.8. The Balaban J connectivity index is 1.02. The van der Waals surface area contributed by atoms with E-state index in [1.807, 2.05) is 127 Å². The molecule has 1 aliphatic rings. The van der Waals surface area contributed by atoms with Gasteiger partial charge in [-0.2, -0.15) is 0 Å². The topological polar surface area (TPSA) is 93.8 Å². The van der Waals surface area contributed by atoms with Gasteiger partial charge in [-0.15, -0.1) is 0 Å². The molecule has 1 aromatic heterocycles. The van der Waals surface area contributed by atoms with Gasteiger partial charge >= 0.3 is 0 Å². The summed E-state index contributed by atoms with van der Waals surface area (Å²) in [5.41, 5.74) is 9.30. The molecule has 2 N–H and O–H groups in total. The number of thioether (sulfide) groups is 1. The standard InChI is InChI=1S/C48H42N2O5S/c1-32-42(31-56-48-50-43(36-13-5-2-6-14-36)45(55-48)37-15-7-3-8-16-37)53-47(54-44(32)38-22-20-33(30-51)21-23-38)40-26-24-35(25-27-40)41-19-11-12-34(28-41)29-49-46(52)39-17-9-4-10-18-39/h2-28,32,42,44,47,51H,29-31H2,1H3,(H,49,52). The second kappa shape index (κ2) is 17.4. The quantitative estimate of drug-likeness (QED) is 0.120. The molecule has 1 amide bonds. The van der Waals surface area contributed by atoms with Crippen molar-refractivity contribution in [3.8, 4) is 33.7 Å². The van der Waals surface area contributed by atoms with Crippen LogP contribution in [0, 0.1) is 5.92 Å². The van der Waals surface area contributed by atoms with E-state index in [-0.39, 0.29) is 30.6 Å². The highest BCUT2D eigenvalue weighted by Crippen LogP contribution is 2.44. The summed E-state index contributed by atoms with van der Waals surface area (Å²) < 4.78 is 20.0. The predicted molar refractivity (Wildman–Crippen MR) is 221 cm³/mol. The largest absolute Gasteiger partial charge is 0.431 e. The molecule has 56 heavy (non-hydrogen) atoms. The number of aromatic nitrogens is 1. The minimum atomic E-state index is -0.614. The molecule has 1 saturated heterocycles. The van der Waals surface area contributed by atoms with Crippen LogP contribution in [0.2, 0.25) is 0 Å². The van der Waals surface area contributed by atoms with Gasteiger partial charge in [0.05, 0.1) is 18.8 Å². The van der Waals surface area contributed by atoms with E-state index in [1.54, 1.807) is 11.8 Å². The number of aliphatic hydroxyl groups is 1. The molecule has 4 atom stereocenters. The van der Waals surface area contributed by atoms with E-state index >= 15 is 0 Å². The zero-order chi connectivity index (χ0) is 38.3. The first kappa shape index (κ1) is 37.2. The van der Waals surface area contributed by atoms with E-state index in [2.05, 4.69) is 48.6 Å².